The number of nitrogens with one attached hydrogen (secondary N) is 1. The lowest BCUT2D eigenvalue weighted by atomic mass is 9.90. The van der Waals surface area contributed by atoms with Crippen molar-refractivity contribution in [3.8, 4) is 0 Å². The maximum absolute atomic E-state index is 13.2. The van der Waals surface area contributed by atoms with E-state index in [9.17, 15) is 9.90 Å². The fourth-order valence-corrected chi connectivity index (χ4v) is 3.95. The molecule has 3 aromatic rings. The molecule has 2 heterocycles. The first-order valence-corrected chi connectivity index (χ1v) is 9.82. The summed E-state index contributed by atoms with van der Waals surface area (Å²) in [5.74, 6) is -0.224. The third kappa shape index (κ3) is 4.05. The minimum atomic E-state index is -1.13. The number of hydrogen-bond donors (Lipinski definition) is 2. The summed E-state index contributed by atoms with van der Waals surface area (Å²) in [4.78, 5) is 13.2. The van der Waals surface area contributed by atoms with Crippen molar-refractivity contribution in [2.24, 2.45) is 0 Å². The predicted molar refractivity (Wildman–Crippen MR) is 111 cm³/mol. The van der Waals surface area contributed by atoms with Crippen molar-refractivity contribution in [2.75, 3.05) is 26.9 Å². The topological polar surface area (TPSA) is 72.7 Å². The van der Waals surface area contributed by atoms with Gasteiger partial charge < -0.3 is 24.5 Å². The molecule has 0 spiro atoms. The number of fused-ring (bicyclic) bond motifs is 1. The summed E-state index contributed by atoms with van der Waals surface area (Å²) in [6.07, 6.45) is 2.30. The Morgan fingerprint density at radius 1 is 1.24 bits per heavy atom. The second-order valence-corrected chi connectivity index (χ2v) is 7.56. The van der Waals surface area contributed by atoms with Gasteiger partial charge in [-0.05, 0) is 11.6 Å². The highest BCUT2D eigenvalue weighted by atomic mass is 16.5. The van der Waals surface area contributed by atoms with Gasteiger partial charge in [-0.2, -0.15) is 0 Å². The molecule has 6 nitrogen and oxygen atoms in total. The fraction of sp³-hybridized carbons (Fsp3) is 0.348. The zero-order chi connectivity index (χ0) is 20.3. The number of carbonyl (C=O) groups is 1. The van der Waals surface area contributed by atoms with Crippen molar-refractivity contribution in [3.05, 3.63) is 71.9 Å². The quantitative estimate of drug-likeness (QED) is 0.674. The molecule has 0 aliphatic carbocycles. The summed E-state index contributed by atoms with van der Waals surface area (Å²) in [7, 11) is 1.55. The van der Waals surface area contributed by atoms with Crippen molar-refractivity contribution in [2.45, 2.75) is 24.6 Å². The molecule has 29 heavy (non-hydrogen) atoms. The second kappa shape index (κ2) is 8.37. The molecule has 2 atom stereocenters. The van der Waals surface area contributed by atoms with Crippen LogP contribution < -0.4 is 5.32 Å². The van der Waals surface area contributed by atoms with E-state index in [0.717, 1.165) is 16.5 Å². The molecule has 2 N–H and O–H groups in total. The van der Waals surface area contributed by atoms with Gasteiger partial charge >= 0.3 is 0 Å². The van der Waals surface area contributed by atoms with E-state index in [1.165, 1.54) is 0 Å². The highest BCUT2D eigenvalue weighted by Gasteiger charge is 2.41. The van der Waals surface area contributed by atoms with Gasteiger partial charge in [0.05, 0.1) is 24.8 Å². The summed E-state index contributed by atoms with van der Waals surface area (Å²) >= 11 is 0. The smallest absolute Gasteiger partial charge is 0.253 e. The van der Waals surface area contributed by atoms with Crippen LogP contribution in [-0.4, -0.2) is 54.2 Å². The van der Waals surface area contributed by atoms with E-state index in [4.69, 9.17) is 9.47 Å². The number of carbonyl (C=O) groups excluding carboxylic acids is 1. The van der Waals surface area contributed by atoms with E-state index in [0.29, 0.717) is 25.1 Å². The molecule has 1 aliphatic rings. The van der Waals surface area contributed by atoms with Crippen molar-refractivity contribution >= 4 is 16.8 Å². The van der Waals surface area contributed by atoms with Gasteiger partial charge in [0.25, 0.3) is 5.91 Å². The molecule has 1 fully saturated rings. The number of amides is 1. The third-order valence-corrected chi connectivity index (χ3v) is 5.54. The van der Waals surface area contributed by atoms with Gasteiger partial charge in [-0.15, -0.1) is 0 Å². The Morgan fingerprint density at radius 2 is 2.00 bits per heavy atom. The van der Waals surface area contributed by atoms with E-state index in [1.54, 1.807) is 7.11 Å². The second-order valence-electron chi connectivity index (χ2n) is 7.56. The Morgan fingerprint density at radius 3 is 2.79 bits per heavy atom. The van der Waals surface area contributed by atoms with Crippen molar-refractivity contribution in [3.63, 3.8) is 0 Å². The molecule has 0 bridgehead atoms. The number of rotatable bonds is 6. The Balaban J connectivity index is 1.62. The monoisotopic (exact) mass is 394 g/mol. The van der Waals surface area contributed by atoms with E-state index in [-0.39, 0.29) is 19.1 Å². The summed E-state index contributed by atoms with van der Waals surface area (Å²) in [6.45, 7) is 1.53. The normalized spacial score (nSPS) is 21.9. The van der Waals surface area contributed by atoms with Crippen LogP contribution in [0, 0.1) is 0 Å². The molecule has 1 aromatic heterocycles. The fourth-order valence-electron chi connectivity index (χ4n) is 3.95. The average Bonchev–Trinajstić information content (AvgIpc) is 3.09. The minimum absolute atomic E-state index is 0.150. The van der Waals surface area contributed by atoms with Gasteiger partial charge in [-0.3, -0.25) is 4.79 Å². The van der Waals surface area contributed by atoms with Gasteiger partial charge in [0, 0.05) is 43.8 Å². The molecule has 1 amide bonds. The van der Waals surface area contributed by atoms with E-state index in [1.807, 2.05) is 48.7 Å². The number of hydrogen-bond acceptors (Lipinski definition) is 4. The first-order valence-electron chi connectivity index (χ1n) is 9.82. The van der Waals surface area contributed by atoms with E-state index >= 15 is 0 Å². The maximum Gasteiger partial charge on any atom is 0.253 e. The third-order valence-electron chi connectivity index (χ3n) is 5.54. The van der Waals surface area contributed by atoms with Crippen LogP contribution >= 0.6 is 0 Å². The maximum atomic E-state index is 13.2. The largest absolute Gasteiger partial charge is 0.385 e. The van der Waals surface area contributed by atoms with Gasteiger partial charge in [0.2, 0.25) is 0 Å². The lowest BCUT2D eigenvalue weighted by Gasteiger charge is -2.39. The summed E-state index contributed by atoms with van der Waals surface area (Å²) in [5, 5.41) is 14.8. The van der Waals surface area contributed by atoms with Gasteiger partial charge in [0.15, 0.2) is 0 Å². The SMILES string of the molecule is COCC1(O)CCOCC1NC(=O)c1cn(Cc2ccccc2)c2ccccc12. The first kappa shape index (κ1) is 19.6. The van der Waals surface area contributed by atoms with Crippen LogP contribution in [0.5, 0.6) is 0 Å². The molecule has 1 saturated heterocycles. The Hall–Kier alpha value is -2.67. The summed E-state index contributed by atoms with van der Waals surface area (Å²) in [6, 6.07) is 17.5. The zero-order valence-corrected chi connectivity index (χ0v) is 16.5. The van der Waals surface area contributed by atoms with Crippen LogP contribution in [0.3, 0.4) is 0 Å². The molecule has 0 saturated carbocycles. The Labute approximate surface area is 170 Å². The summed E-state index contributed by atoms with van der Waals surface area (Å²) < 4.78 is 12.8. The number of benzene rings is 2. The minimum Gasteiger partial charge on any atom is -0.385 e. The zero-order valence-electron chi connectivity index (χ0n) is 16.5. The lowest BCUT2D eigenvalue weighted by Crippen LogP contribution is -2.60. The van der Waals surface area contributed by atoms with Crippen LogP contribution in [-0.2, 0) is 16.0 Å². The van der Waals surface area contributed by atoms with Crippen molar-refractivity contribution in [1.82, 2.24) is 9.88 Å². The highest BCUT2D eigenvalue weighted by molar-refractivity contribution is 6.07. The molecule has 4 rings (SSSR count). The number of aromatic nitrogens is 1. The molecule has 2 unspecified atom stereocenters. The van der Waals surface area contributed by atoms with Crippen LogP contribution in [0.4, 0.5) is 0 Å². The standard InChI is InChI=1S/C23H26N2O4/c1-28-16-23(27)11-12-29-15-21(23)24-22(26)19-14-25(13-17-7-3-2-4-8-17)20-10-6-5-9-18(19)20/h2-10,14,21,27H,11-13,15-16H2,1H3,(H,24,26). The predicted octanol–water partition coefficient (Wildman–Crippen LogP) is 2.59. The van der Waals surface area contributed by atoms with Crippen LogP contribution in [0.15, 0.2) is 60.8 Å². The number of methoxy groups -OCH3 is 1. The van der Waals surface area contributed by atoms with Crippen molar-refractivity contribution in [1.29, 1.82) is 0 Å². The number of nitrogens with zero attached hydrogens (tertiary/aromatic N) is 1. The molecule has 1 aliphatic heterocycles. The number of aliphatic hydroxyl groups is 1. The molecule has 152 valence electrons. The highest BCUT2D eigenvalue weighted by Crippen LogP contribution is 2.25. The average molecular weight is 394 g/mol. The lowest BCUT2D eigenvalue weighted by molar-refractivity contribution is -0.120. The molecular weight excluding hydrogens is 368 g/mol. The Bertz CT molecular complexity index is 981. The Kier molecular flexibility index (Phi) is 5.67. The van der Waals surface area contributed by atoms with Gasteiger partial charge in [-0.1, -0.05) is 48.5 Å². The van der Waals surface area contributed by atoms with Gasteiger partial charge in [0.1, 0.15) is 5.60 Å². The van der Waals surface area contributed by atoms with Crippen LogP contribution in [0.2, 0.25) is 0 Å². The molecule has 0 radical (unpaired) electrons. The molecular formula is C23H26N2O4. The molecule has 6 heteroatoms. The van der Waals surface area contributed by atoms with Crippen LogP contribution in [0.1, 0.15) is 22.3 Å². The van der Waals surface area contributed by atoms with E-state index < -0.39 is 11.6 Å². The summed E-state index contributed by atoms with van der Waals surface area (Å²) in [5.41, 5.74) is 1.61. The van der Waals surface area contributed by atoms with Crippen LogP contribution in [0.25, 0.3) is 10.9 Å². The first-order chi connectivity index (χ1) is 14.1. The molecule has 2 aromatic carbocycles. The number of ether oxygens (including phenoxy) is 2. The number of para-hydroxylation sites is 1. The van der Waals surface area contributed by atoms with Gasteiger partial charge in [-0.25, -0.2) is 0 Å². The van der Waals surface area contributed by atoms with E-state index in [2.05, 4.69) is 22.0 Å². The van der Waals surface area contributed by atoms with Crippen molar-refractivity contribution < 1.29 is 19.4 Å².